The van der Waals surface area contributed by atoms with Crippen LogP contribution in [0.25, 0.3) is 81.5 Å². The van der Waals surface area contributed by atoms with Crippen LogP contribution < -0.4 is 4.90 Å². The van der Waals surface area contributed by atoms with Crippen LogP contribution in [0.15, 0.2) is 218 Å². The van der Waals surface area contributed by atoms with Gasteiger partial charge in [-0.15, -0.1) is 11.3 Å². The molecule has 0 N–H and O–H groups in total. The lowest BCUT2D eigenvalue weighted by molar-refractivity contribution is 1.28. The average Bonchev–Trinajstić information content (AvgIpc) is 3.74. The molecule has 0 amide bonds. The zero-order valence-electron chi connectivity index (χ0n) is 37.7. The van der Waals surface area contributed by atoms with E-state index in [1.807, 2.05) is 51.2 Å². The molecule has 10 rings (SSSR count). The molecule has 1 aromatic heterocycles. The molecule has 0 aliphatic carbocycles. The van der Waals surface area contributed by atoms with Crippen LogP contribution in [0.2, 0.25) is 0 Å². The van der Waals surface area contributed by atoms with E-state index in [1.165, 1.54) is 86.6 Å². The van der Waals surface area contributed by atoms with Gasteiger partial charge in [-0.05, 0) is 155 Å². The monoisotopic (exact) mass is 845 g/mol. The SMILES string of the molecule is C/C=C\C.C/C=C\c1c(C)ccc2cc(-c3ccc(-c4cccc(N(c5ccc(-c6ccccc6)cc5)c5ccc(-c6ccc7sc8ccccc8c7c6)cc5)c4)cc3)ccc12.CC. The second-order valence-electron chi connectivity index (χ2n) is 15.6. The van der Waals surface area contributed by atoms with Gasteiger partial charge >= 0.3 is 0 Å². The predicted molar refractivity (Wildman–Crippen MR) is 285 cm³/mol. The van der Waals surface area contributed by atoms with Crippen molar-refractivity contribution in [1.82, 2.24) is 0 Å². The van der Waals surface area contributed by atoms with Crippen molar-refractivity contribution in [3.05, 3.63) is 230 Å². The van der Waals surface area contributed by atoms with E-state index in [0.29, 0.717) is 0 Å². The molecule has 2 heteroatoms. The van der Waals surface area contributed by atoms with Crippen molar-refractivity contribution in [2.75, 3.05) is 4.90 Å². The molecule has 0 bridgehead atoms. The average molecular weight is 846 g/mol. The topological polar surface area (TPSA) is 3.24 Å². The van der Waals surface area contributed by atoms with Gasteiger partial charge in [0.1, 0.15) is 0 Å². The third-order valence-electron chi connectivity index (χ3n) is 11.7. The van der Waals surface area contributed by atoms with Gasteiger partial charge in [0.25, 0.3) is 0 Å². The summed E-state index contributed by atoms with van der Waals surface area (Å²) in [5, 5.41) is 5.19. The second kappa shape index (κ2) is 20.3. The van der Waals surface area contributed by atoms with Crippen LogP contribution in [0, 0.1) is 6.92 Å². The fourth-order valence-corrected chi connectivity index (χ4v) is 9.39. The first-order chi connectivity index (χ1) is 31.5. The fourth-order valence-electron chi connectivity index (χ4n) is 8.30. The molecule has 0 aliphatic rings. The number of hydrogen-bond donors (Lipinski definition) is 0. The zero-order valence-corrected chi connectivity index (χ0v) is 38.5. The normalized spacial score (nSPS) is 11.2. The molecule has 0 atom stereocenters. The highest BCUT2D eigenvalue weighted by atomic mass is 32.1. The van der Waals surface area contributed by atoms with Gasteiger partial charge < -0.3 is 4.90 Å². The first kappa shape index (κ1) is 43.4. The highest BCUT2D eigenvalue weighted by Gasteiger charge is 2.15. The summed E-state index contributed by atoms with van der Waals surface area (Å²) in [7, 11) is 0. The lowest BCUT2D eigenvalue weighted by atomic mass is 9.95. The van der Waals surface area contributed by atoms with E-state index in [0.717, 1.165) is 17.1 Å². The van der Waals surface area contributed by atoms with Gasteiger partial charge in [0.05, 0.1) is 0 Å². The van der Waals surface area contributed by atoms with Crippen LogP contribution in [0.3, 0.4) is 0 Å². The number of rotatable bonds is 8. The quantitative estimate of drug-likeness (QED) is 0.138. The Bertz CT molecular complexity index is 3180. The molecule has 314 valence electrons. The number of aryl methyl sites for hydroxylation is 1. The van der Waals surface area contributed by atoms with Crippen molar-refractivity contribution in [3.8, 4) is 44.5 Å². The first-order valence-corrected chi connectivity index (χ1v) is 23.2. The van der Waals surface area contributed by atoms with Crippen molar-refractivity contribution in [3.63, 3.8) is 0 Å². The number of nitrogens with zero attached hydrogens (tertiary/aromatic N) is 1. The lowest BCUT2D eigenvalue weighted by Crippen LogP contribution is -2.10. The molecule has 10 aromatic rings. The summed E-state index contributed by atoms with van der Waals surface area (Å²) in [5.74, 6) is 0. The summed E-state index contributed by atoms with van der Waals surface area (Å²) in [6.07, 6.45) is 8.33. The minimum absolute atomic E-state index is 1.11. The largest absolute Gasteiger partial charge is 0.310 e. The first-order valence-electron chi connectivity index (χ1n) is 22.4. The molecule has 0 radical (unpaired) electrons. The van der Waals surface area contributed by atoms with E-state index in [4.69, 9.17) is 0 Å². The van der Waals surface area contributed by atoms with Crippen LogP contribution in [-0.2, 0) is 0 Å². The Balaban J connectivity index is 0.000000886. The summed E-state index contributed by atoms with van der Waals surface area (Å²) in [6, 6.07) is 73.3. The Morgan fingerprint density at radius 2 is 0.859 bits per heavy atom. The van der Waals surface area contributed by atoms with Crippen molar-refractivity contribution in [2.45, 2.75) is 41.5 Å². The van der Waals surface area contributed by atoms with Crippen molar-refractivity contribution < 1.29 is 0 Å². The molecule has 0 unspecified atom stereocenters. The Morgan fingerprint density at radius 3 is 1.50 bits per heavy atom. The number of anilines is 3. The van der Waals surface area contributed by atoms with Gasteiger partial charge in [0.15, 0.2) is 0 Å². The lowest BCUT2D eigenvalue weighted by Gasteiger charge is -2.26. The molecule has 0 saturated heterocycles. The van der Waals surface area contributed by atoms with E-state index < -0.39 is 0 Å². The molecular formula is C62H55NS. The van der Waals surface area contributed by atoms with Crippen LogP contribution in [0.5, 0.6) is 0 Å². The standard InChI is InChI=1S/C56H41NS.C4H8.C2H6/c1-3-10-51-38(2)17-18-47-35-45(27-33-52(47)51)42-21-19-41(20-22-42)44-13-9-14-50(36-44)57(48-29-23-40(24-30-48)39-11-5-4-6-12-39)49-31-25-43(26-32-49)46-28-34-56-54(37-46)53-15-7-8-16-55(53)58-56;1-3-4-2;1-2/h3-37H,1-2H3;3-4H,1-2H3;1-2H3/b10-3-;4-3-;. The van der Waals surface area contributed by atoms with Gasteiger partial charge in [-0.1, -0.05) is 178 Å². The molecule has 1 nitrogen and oxygen atoms in total. The number of thiophene rings is 1. The summed E-state index contributed by atoms with van der Waals surface area (Å²) >= 11 is 1.86. The summed E-state index contributed by atoms with van der Waals surface area (Å²) in [4.78, 5) is 2.37. The predicted octanol–water partition coefficient (Wildman–Crippen LogP) is 19.3. The summed E-state index contributed by atoms with van der Waals surface area (Å²) in [6.45, 7) is 12.3. The van der Waals surface area contributed by atoms with Gasteiger partial charge in [0, 0.05) is 37.2 Å². The Labute approximate surface area is 384 Å². The third kappa shape index (κ3) is 9.25. The Kier molecular flexibility index (Phi) is 13.8. The molecule has 0 saturated carbocycles. The van der Waals surface area contributed by atoms with Gasteiger partial charge in [-0.25, -0.2) is 0 Å². The smallest absolute Gasteiger partial charge is 0.0467 e. The number of hydrogen-bond acceptors (Lipinski definition) is 2. The highest BCUT2D eigenvalue weighted by Crippen LogP contribution is 2.40. The van der Waals surface area contributed by atoms with Gasteiger partial charge in [-0.3, -0.25) is 0 Å². The minimum atomic E-state index is 1.11. The molecule has 0 aliphatic heterocycles. The highest BCUT2D eigenvalue weighted by molar-refractivity contribution is 7.25. The maximum Gasteiger partial charge on any atom is 0.0467 e. The molecule has 64 heavy (non-hydrogen) atoms. The molecule has 0 spiro atoms. The summed E-state index contributed by atoms with van der Waals surface area (Å²) in [5.41, 5.74) is 15.5. The third-order valence-corrected chi connectivity index (χ3v) is 12.8. The van der Waals surface area contributed by atoms with Crippen molar-refractivity contribution in [1.29, 1.82) is 0 Å². The molecule has 9 aromatic carbocycles. The number of allylic oxidation sites excluding steroid dienone is 3. The molecular weight excluding hydrogens is 791 g/mol. The fraction of sp³-hybridized carbons (Fsp3) is 0.0968. The minimum Gasteiger partial charge on any atom is -0.310 e. The Hall–Kier alpha value is -7.26. The van der Waals surface area contributed by atoms with Gasteiger partial charge in [-0.2, -0.15) is 0 Å². The number of fused-ring (bicyclic) bond motifs is 4. The van der Waals surface area contributed by atoms with E-state index in [2.05, 4.69) is 231 Å². The maximum absolute atomic E-state index is 2.37. The summed E-state index contributed by atoms with van der Waals surface area (Å²) < 4.78 is 2.65. The second-order valence-corrected chi connectivity index (χ2v) is 16.7. The van der Waals surface area contributed by atoms with Crippen LogP contribution in [0.1, 0.15) is 45.7 Å². The molecule has 1 heterocycles. The van der Waals surface area contributed by atoms with Crippen molar-refractivity contribution >= 4 is 65.4 Å². The van der Waals surface area contributed by atoms with Crippen LogP contribution >= 0.6 is 11.3 Å². The Morgan fingerprint density at radius 1 is 0.359 bits per heavy atom. The van der Waals surface area contributed by atoms with E-state index in [9.17, 15) is 0 Å². The molecule has 0 fully saturated rings. The van der Waals surface area contributed by atoms with E-state index in [-0.39, 0.29) is 0 Å². The maximum atomic E-state index is 2.37. The van der Waals surface area contributed by atoms with Crippen LogP contribution in [-0.4, -0.2) is 0 Å². The van der Waals surface area contributed by atoms with Crippen molar-refractivity contribution in [2.24, 2.45) is 0 Å². The van der Waals surface area contributed by atoms with Gasteiger partial charge in [0.2, 0.25) is 0 Å². The van der Waals surface area contributed by atoms with E-state index >= 15 is 0 Å². The van der Waals surface area contributed by atoms with Crippen LogP contribution in [0.4, 0.5) is 17.1 Å². The van der Waals surface area contributed by atoms with E-state index in [1.54, 1.807) is 0 Å². The number of benzene rings is 9. The zero-order chi connectivity index (χ0) is 44.4.